The Labute approximate surface area is 136 Å². The third-order valence-electron chi connectivity index (χ3n) is 3.82. The van der Waals surface area contributed by atoms with Crippen molar-refractivity contribution >= 4 is 37.8 Å². The molecule has 20 heavy (non-hydrogen) atoms. The predicted octanol–water partition coefficient (Wildman–Crippen LogP) is 3.53. The highest BCUT2D eigenvalue weighted by Crippen LogP contribution is 2.23. The Kier molecular flexibility index (Phi) is 6.11. The van der Waals surface area contributed by atoms with Gasteiger partial charge in [-0.15, -0.1) is 0 Å². The molecular weight excluding hydrogens is 386 g/mol. The van der Waals surface area contributed by atoms with Gasteiger partial charge >= 0.3 is 0 Å². The molecule has 0 unspecified atom stereocenters. The van der Waals surface area contributed by atoms with Crippen molar-refractivity contribution in [3.8, 4) is 0 Å². The van der Waals surface area contributed by atoms with E-state index in [9.17, 15) is 4.79 Å². The zero-order valence-corrected chi connectivity index (χ0v) is 14.9. The smallest absolute Gasteiger partial charge is 0.267 e. The zero-order chi connectivity index (χ0) is 14.5. The van der Waals surface area contributed by atoms with Crippen molar-refractivity contribution in [2.45, 2.75) is 38.6 Å². The van der Waals surface area contributed by atoms with E-state index < -0.39 is 0 Å². The van der Waals surface area contributed by atoms with Gasteiger partial charge in [-0.2, -0.15) is 0 Å². The molecule has 1 saturated heterocycles. The number of nitrogens with zero attached hydrogens (tertiary/aromatic N) is 1. The molecule has 4 nitrogen and oxygen atoms in total. The number of carbonyl (C=O) groups excluding carboxylic acids is 1. The van der Waals surface area contributed by atoms with Gasteiger partial charge in [0.2, 0.25) is 0 Å². The lowest BCUT2D eigenvalue weighted by molar-refractivity contribution is 0.0944. The molecule has 0 saturated carbocycles. The van der Waals surface area contributed by atoms with Crippen molar-refractivity contribution in [2.75, 3.05) is 19.6 Å². The van der Waals surface area contributed by atoms with Crippen molar-refractivity contribution in [2.24, 2.45) is 0 Å². The van der Waals surface area contributed by atoms with Crippen LogP contribution in [0.1, 0.15) is 43.1 Å². The third-order valence-corrected chi connectivity index (χ3v) is 5.60. The summed E-state index contributed by atoms with van der Waals surface area (Å²) in [5.74, 6) is -0.0527. The lowest BCUT2D eigenvalue weighted by Crippen LogP contribution is -2.39. The normalized spacial score (nSPS) is 20.1. The van der Waals surface area contributed by atoms with E-state index >= 15 is 0 Å². The number of halogens is 2. The molecule has 1 aromatic heterocycles. The molecule has 2 N–H and O–H groups in total. The molecule has 6 heteroatoms. The molecule has 1 aliphatic rings. The minimum atomic E-state index is -0.0527. The van der Waals surface area contributed by atoms with E-state index in [1.807, 2.05) is 0 Å². The minimum absolute atomic E-state index is 0.0527. The molecular formula is C14H21Br2N3O. The highest BCUT2D eigenvalue weighted by molar-refractivity contribution is 9.13. The standard InChI is InChI=1S/C14H21Br2N3O/c1-10-5-2-3-7-19(10)8-4-6-17-14(20)12-9-11(15)13(16)18-12/h9-10,18H,2-8H2,1H3,(H,17,20)/t10-/m1/s1. The average molecular weight is 407 g/mol. The van der Waals surface area contributed by atoms with Crippen LogP contribution in [0.25, 0.3) is 0 Å². The Morgan fingerprint density at radius 2 is 2.30 bits per heavy atom. The second-order valence-electron chi connectivity index (χ2n) is 5.34. The summed E-state index contributed by atoms with van der Waals surface area (Å²) in [5, 5.41) is 2.96. The first-order valence-corrected chi connectivity index (χ1v) is 8.73. The quantitative estimate of drug-likeness (QED) is 0.734. The summed E-state index contributed by atoms with van der Waals surface area (Å²) in [4.78, 5) is 17.4. The van der Waals surface area contributed by atoms with Crippen LogP contribution in [-0.2, 0) is 0 Å². The summed E-state index contributed by atoms with van der Waals surface area (Å²) < 4.78 is 1.66. The van der Waals surface area contributed by atoms with Gasteiger partial charge in [-0.05, 0) is 70.7 Å². The van der Waals surface area contributed by atoms with E-state index in [1.54, 1.807) is 6.07 Å². The second-order valence-corrected chi connectivity index (χ2v) is 6.98. The molecule has 1 aliphatic heterocycles. The van der Waals surface area contributed by atoms with E-state index in [-0.39, 0.29) is 5.91 Å². The maximum atomic E-state index is 11.9. The van der Waals surface area contributed by atoms with E-state index in [2.05, 4.69) is 54.0 Å². The summed E-state index contributed by atoms with van der Waals surface area (Å²) in [6, 6.07) is 2.47. The van der Waals surface area contributed by atoms with Crippen LogP contribution in [0.4, 0.5) is 0 Å². The summed E-state index contributed by atoms with van der Waals surface area (Å²) in [6.07, 6.45) is 4.96. The molecule has 112 valence electrons. The fourth-order valence-corrected chi connectivity index (χ4v) is 3.25. The summed E-state index contributed by atoms with van der Waals surface area (Å²) >= 11 is 6.70. The Hall–Kier alpha value is -0.330. The van der Waals surface area contributed by atoms with Gasteiger partial charge in [-0.25, -0.2) is 0 Å². The Balaban J connectivity index is 1.69. The minimum Gasteiger partial charge on any atom is -0.351 e. The van der Waals surface area contributed by atoms with Crippen LogP contribution in [0, 0.1) is 0 Å². The van der Waals surface area contributed by atoms with Crippen LogP contribution < -0.4 is 5.32 Å². The summed E-state index contributed by atoms with van der Waals surface area (Å²) in [6.45, 7) is 5.28. The number of aromatic amines is 1. The number of amides is 1. The van der Waals surface area contributed by atoms with Crippen LogP contribution in [0.3, 0.4) is 0 Å². The van der Waals surface area contributed by atoms with Gasteiger partial charge in [0.15, 0.2) is 0 Å². The van der Waals surface area contributed by atoms with Crippen LogP contribution in [0.5, 0.6) is 0 Å². The highest BCUT2D eigenvalue weighted by atomic mass is 79.9. The number of nitrogens with one attached hydrogen (secondary N) is 2. The topological polar surface area (TPSA) is 48.1 Å². The maximum absolute atomic E-state index is 11.9. The molecule has 0 aliphatic carbocycles. The van der Waals surface area contributed by atoms with Crippen molar-refractivity contribution in [1.29, 1.82) is 0 Å². The van der Waals surface area contributed by atoms with Crippen LogP contribution >= 0.6 is 31.9 Å². The number of H-pyrrole nitrogens is 1. The van der Waals surface area contributed by atoms with Gasteiger partial charge in [0, 0.05) is 19.1 Å². The lowest BCUT2D eigenvalue weighted by Gasteiger charge is -2.33. The lowest BCUT2D eigenvalue weighted by atomic mass is 10.0. The fraction of sp³-hybridized carbons (Fsp3) is 0.643. The van der Waals surface area contributed by atoms with Gasteiger partial charge < -0.3 is 15.2 Å². The molecule has 0 spiro atoms. The van der Waals surface area contributed by atoms with Gasteiger partial charge in [-0.3, -0.25) is 4.79 Å². The fourth-order valence-electron chi connectivity index (χ4n) is 2.60. The molecule has 0 bridgehead atoms. The largest absolute Gasteiger partial charge is 0.351 e. The van der Waals surface area contributed by atoms with Crippen LogP contribution in [-0.4, -0.2) is 41.5 Å². The van der Waals surface area contributed by atoms with Crippen molar-refractivity contribution in [3.05, 3.63) is 20.8 Å². The van der Waals surface area contributed by atoms with E-state index in [1.165, 1.54) is 25.8 Å². The van der Waals surface area contributed by atoms with Gasteiger partial charge in [0.25, 0.3) is 5.91 Å². The van der Waals surface area contributed by atoms with E-state index in [0.717, 1.165) is 28.6 Å². The van der Waals surface area contributed by atoms with Crippen molar-refractivity contribution in [1.82, 2.24) is 15.2 Å². The third kappa shape index (κ3) is 4.33. The van der Waals surface area contributed by atoms with E-state index in [0.29, 0.717) is 11.7 Å². The molecule has 0 aromatic carbocycles. The molecule has 1 amide bonds. The number of rotatable bonds is 5. The van der Waals surface area contributed by atoms with Crippen LogP contribution in [0.15, 0.2) is 15.1 Å². The van der Waals surface area contributed by atoms with E-state index in [4.69, 9.17) is 0 Å². The van der Waals surface area contributed by atoms with Gasteiger partial charge in [0.1, 0.15) is 5.69 Å². The summed E-state index contributed by atoms with van der Waals surface area (Å²) in [7, 11) is 0. The summed E-state index contributed by atoms with van der Waals surface area (Å²) in [5.41, 5.74) is 0.579. The number of piperidine rings is 1. The molecule has 1 aromatic rings. The number of carbonyl (C=O) groups is 1. The number of aromatic nitrogens is 1. The Morgan fingerprint density at radius 1 is 1.50 bits per heavy atom. The molecule has 1 atom stereocenters. The first-order valence-electron chi connectivity index (χ1n) is 7.14. The first-order chi connectivity index (χ1) is 9.58. The molecule has 1 fully saturated rings. The van der Waals surface area contributed by atoms with Crippen molar-refractivity contribution in [3.63, 3.8) is 0 Å². The number of hydrogen-bond acceptors (Lipinski definition) is 2. The van der Waals surface area contributed by atoms with Gasteiger partial charge in [-0.1, -0.05) is 6.42 Å². The van der Waals surface area contributed by atoms with Crippen LogP contribution in [0.2, 0.25) is 0 Å². The molecule has 0 radical (unpaired) electrons. The van der Waals surface area contributed by atoms with Gasteiger partial charge in [0.05, 0.1) is 9.08 Å². The number of likely N-dealkylation sites (tertiary alicyclic amines) is 1. The zero-order valence-electron chi connectivity index (χ0n) is 11.7. The van der Waals surface area contributed by atoms with Crippen molar-refractivity contribution < 1.29 is 4.79 Å². The maximum Gasteiger partial charge on any atom is 0.267 e. The monoisotopic (exact) mass is 405 g/mol. The molecule has 2 heterocycles. The second kappa shape index (κ2) is 7.61. The average Bonchev–Trinajstić information content (AvgIpc) is 2.76. The number of hydrogen-bond donors (Lipinski definition) is 2. The Morgan fingerprint density at radius 3 is 2.95 bits per heavy atom. The SMILES string of the molecule is C[C@@H]1CCCCN1CCCNC(=O)c1cc(Br)c(Br)[nH]1. The predicted molar refractivity (Wildman–Crippen MR) is 88.0 cm³/mol. The molecule has 2 rings (SSSR count). The highest BCUT2D eigenvalue weighted by Gasteiger charge is 2.17. The Bertz CT molecular complexity index is 442. The first kappa shape index (κ1) is 16.0.